The maximum absolute atomic E-state index is 12.2. The lowest BCUT2D eigenvalue weighted by Gasteiger charge is -2.26. The Morgan fingerprint density at radius 2 is 1.67 bits per heavy atom. The number of carbonyl (C=O) groups is 2. The van der Waals surface area contributed by atoms with Crippen molar-refractivity contribution in [1.29, 1.82) is 0 Å². The minimum atomic E-state index is -0.174. The number of hydrogen-bond acceptors (Lipinski definition) is 4. The highest BCUT2D eigenvalue weighted by Gasteiger charge is 2.11. The SMILES string of the molecule is CCOC(=O)CCCCC(=O)c1ccc(CN2CCCCC2)cc1. The zero-order valence-corrected chi connectivity index (χ0v) is 14.8. The lowest BCUT2D eigenvalue weighted by Crippen LogP contribution is -2.29. The van der Waals surface area contributed by atoms with Gasteiger partial charge in [-0.05, 0) is 51.3 Å². The number of ether oxygens (including phenoxy) is 1. The van der Waals surface area contributed by atoms with Crippen molar-refractivity contribution in [3.05, 3.63) is 35.4 Å². The van der Waals surface area contributed by atoms with Gasteiger partial charge in [0.15, 0.2) is 5.78 Å². The quantitative estimate of drug-likeness (QED) is 0.390. The van der Waals surface area contributed by atoms with Crippen LogP contribution in [0.3, 0.4) is 0 Å². The summed E-state index contributed by atoms with van der Waals surface area (Å²) in [7, 11) is 0. The molecule has 132 valence electrons. The van der Waals surface area contributed by atoms with E-state index < -0.39 is 0 Å². The maximum Gasteiger partial charge on any atom is 0.305 e. The summed E-state index contributed by atoms with van der Waals surface area (Å²) in [5.74, 6) is -0.0182. The van der Waals surface area contributed by atoms with E-state index in [2.05, 4.69) is 17.0 Å². The van der Waals surface area contributed by atoms with Crippen molar-refractivity contribution in [1.82, 2.24) is 4.90 Å². The average molecular weight is 331 g/mol. The van der Waals surface area contributed by atoms with Gasteiger partial charge in [0.1, 0.15) is 0 Å². The second-order valence-corrected chi connectivity index (χ2v) is 6.47. The number of piperidine rings is 1. The summed E-state index contributed by atoms with van der Waals surface area (Å²) in [6.45, 7) is 5.56. The molecule has 24 heavy (non-hydrogen) atoms. The fourth-order valence-electron chi connectivity index (χ4n) is 3.10. The number of rotatable bonds is 9. The van der Waals surface area contributed by atoms with Gasteiger partial charge in [-0.25, -0.2) is 0 Å². The van der Waals surface area contributed by atoms with Gasteiger partial charge in [-0.1, -0.05) is 30.7 Å². The summed E-state index contributed by atoms with van der Waals surface area (Å²) in [5.41, 5.74) is 2.05. The molecule has 1 aromatic rings. The van der Waals surface area contributed by atoms with Crippen molar-refractivity contribution in [3.8, 4) is 0 Å². The van der Waals surface area contributed by atoms with Crippen molar-refractivity contribution in [3.63, 3.8) is 0 Å². The Hall–Kier alpha value is -1.68. The van der Waals surface area contributed by atoms with Gasteiger partial charge in [0.2, 0.25) is 0 Å². The Balaban J connectivity index is 1.71. The van der Waals surface area contributed by atoms with Crippen LogP contribution in [0.25, 0.3) is 0 Å². The van der Waals surface area contributed by atoms with Crippen LogP contribution >= 0.6 is 0 Å². The van der Waals surface area contributed by atoms with E-state index in [1.807, 2.05) is 12.1 Å². The molecular weight excluding hydrogens is 302 g/mol. The Labute approximate surface area is 145 Å². The molecule has 4 heteroatoms. The van der Waals surface area contributed by atoms with Crippen molar-refractivity contribution >= 4 is 11.8 Å². The van der Waals surface area contributed by atoms with E-state index in [0.717, 1.165) is 18.5 Å². The molecule has 4 nitrogen and oxygen atoms in total. The Morgan fingerprint density at radius 3 is 2.33 bits per heavy atom. The predicted octanol–water partition coefficient (Wildman–Crippen LogP) is 3.98. The summed E-state index contributed by atoms with van der Waals surface area (Å²) in [6, 6.07) is 8.01. The summed E-state index contributed by atoms with van der Waals surface area (Å²) >= 11 is 0. The molecule has 1 aliphatic heterocycles. The van der Waals surface area contributed by atoms with E-state index in [1.54, 1.807) is 6.92 Å². The van der Waals surface area contributed by atoms with Crippen LogP contribution < -0.4 is 0 Å². The number of ketones is 1. The first kappa shape index (κ1) is 18.7. The fraction of sp³-hybridized carbons (Fsp3) is 0.600. The third-order valence-electron chi connectivity index (χ3n) is 4.47. The summed E-state index contributed by atoms with van der Waals surface area (Å²) < 4.78 is 4.88. The molecule has 2 rings (SSSR count). The highest BCUT2D eigenvalue weighted by atomic mass is 16.5. The van der Waals surface area contributed by atoms with Crippen molar-refractivity contribution < 1.29 is 14.3 Å². The molecule has 1 heterocycles. The molecule has 0 saturated carbocycles. The molecule has 1 saturated heterocycles. The fourth-order valence-corrected chi connectivity index (χ4v) is 3.10. The number of hydrogen-bond donors (Lipinski definition) is 0. The average Bonchev–Trinajstić information content (AvgIpc) is 2.60. The van der Waals surface area contributed by atoms with Gasteiger partial charge in [0, 0.05) is 24.9 Å². The Morgan fingerprint density at radius 1 is 1.00 bits per heavy atom. The molecule has 1 fully saturated rings. The van der Waals surface area contributed by atoms with Gasteiger partial charge in [-0.2, -0.15) is 0 Å². The number of esters is 1. The third kappa shape index (κ3) is 6.44. The van der Waals surface area contributed by atoms with Gasteiger partial charge >= 0.3 is 5.97 Å². The van der Waals surface area contributed by atoms with E-state index in [9.17, 15) is 9.59 Å². The van der Waals surface area contributed by atoms with Crippen molar-refractivity contribution in [2.75, 3.05) is 19.7 Å². The molecule has 0 atom stereocenters. The highest BCUT2D eigenvalue weighted by molar-refractivity contribution is 5.96. The van der Waals surface area contributed by atoms with Crippen LogP contribution in [0.1, 0.15) is 67.8 Å². The first-order valence-electron chi connectivity index (χ1n) is 9.19. The summed E-state index contributed by atoms with van der Waals surface area (Å²) in [5, 5.41) is 0. The van der Waals surface area contributed by atoms with Crippen molar-refractivity contribution in [2.45, 2.75) is 58.4 Å². The maximum atomic E-state index is 12.2. The van der Waals surface area contributed by atoms with Crippen LogP contribution in [0, 0.1) is 0 Å². The van der Waals surface area contributed by atoms with Crippen LogP contribution in [0.4, 0.5) is 0 Å². The first-order chi connectivity index (χ1) is 11.7. The van der Waals surface area contributed by atoms with Gasteiger partial charge in [0.25, 0.3) is 0 Å². The summed E-state index contributed by atoms with van der Waals surface area (Å²) in [4.78, 5) is 25.9. The largest absolute Gasteiger partial charge is 0.466 e. The van der Waals surface area contributed by atoms with Crippen LogP contribution in [0.5, 0.6) is 0 Å². The molecule has 0 unspecified atom stereocenters. The molecule has 0 bridgehead atoms. The highest BCUT2D eigenvalue weighted by Crippen LogP contribution is 2.15. The molecule has 0 N–H and O–H groups in total. The van der Waals surface area contributed by atoms with Gasteiger partial charge < -0.3 is 4.74 Å². The minimum absolute atomic E-state index is 0.156. The van der Waals surface area contributed by atoms with Crippen molar-refractivity contribution in [2.24, 2.45) is 0 Å². The first-order valence-corrected chi connectivity index (χ1v) is 9.19. The number of unbranched alkanes of at least 4 members (excludes halogenated alkanes) is 1. The monoisotopic (exact) mass is 331 g/mol. The van der Waals surface area contributed by atoms with Gasteiger partial charge in [-0.3, -0.25) is 14.5 Å². The topological polar surface area (TPSA) is 46.6 Å². The lowest BCUT2D eigenvalue weighted by molar-refractivity contribution is -0.143. The Kier molecular flexibility index (Phi) is 7.96. The Bertz CT molecular complexity index is 518. The predicted molar refractivity (Wildman–Crippen MR) is 95.0 cm³/mol. The zero-order valence-electron chi connectivity index (χ0n) is 14.8. The van der Waals surface area contributed by atoms with Gasteiger partial charge in [0.05, 0.1) is 6.61 Å². The minimum Gasteiger partial charge on any atom is -0.466 e. The van der Waals surface area contributed by atoms with Crippen LogP contribution in [-0.4, -0.2) is 36.3 Å². The molecule has 1 aliphatic rings. The number of benzene rings is 1. The van der Waals surface area contributed by atoms with E-state index in [1.165, 1.54) is 37.9 Å². The summed E-state index contributed by atoms with van der Waals surface area (Å²) in [6.07, 6.45) is 6.26. The molecule has 0 spiro atoms. The molecule has 1 aromatic carbocycles. The molecule has 0 radical (unpaired) electrons. The second-order valence-electron chi connectivity index (χ2n) is 6.47. The third-order valence-corrected chi connectivity index (χ3v) is 4.47. The van der Waals surface area contributed by atoms with Crippen LogP contribution in [-0.2, 0) is 16.1 Å². The smallest absolute Gasteiger partial charge is 0.305 e. The van der Waals surface area contributed by atoms with E-state index in [4.69, 9.17) is 4.74 Å². The van der Waals surface area contributed by atoms with Gasteiger partial charge in [-0.15, -0.1) is 0 Å². The van der Waals surface area contributed by atoms with Crippen LogP contribution in [0.15, 0.2) is 24.3 Å². The standard InChI is InChI=1S/C20H29NO3/c1-2-24-20(23)9-5-4-8-19(22)18-12-10-17(11-13-18)16-21-14-6-3-7-15-21/h10-13H,2-9,14-16H2,1H3. The zero-order chi connectivity index (χ0) is 17.2. The molecular formula is C20H29NO3. The number of Topliss-reactive ketones (excluding diaryl/α,β-unsaturated/α-hetero) is 1. The molecule has 0 aliphatic carbocycles. The van der Waals surface area contributed by atoms with E-state index in [-0.39, 0.29) is 11.8 Å². The van der Waals surface area contributed by atoms with E-state index >= 15 is 0 Å². The van der Waals surface area contributed by atoms with E-state index in [0.29, 0.717) is 25.9 Å². The van der Waals surface area contributed by atoms with Crippen LogP contribution in [0.2, 0.25) is 0 Å². The molecule has 0 aromatic heterocycles. The number of nitrogens with zero attached hydrogens (tertiary/aromatic N) is 1. The lowest BCUT2D eigenvalue weighted by atomic mass is 10.0. The molecule has 0 amide bonds. The normalized spacial score (nSPS) is 15.2. The number of likely N-dealkylation sites (tertiary alicyclic amines) is 1. The second kappa shape index (κ2) is 10.2. The number of carbonyl (C=O) groups excluding carboxylic acids is 2.